The zero-order valence-corrected chi connectivity index (χ0v) is 10.0. The van der Waals surface area contributed by atoms with E-state index in [1.807, 2.05) is 6.07 Å². The number of aliphatic hydroxyl groups is 1. The molecule has 0 fully saturated rings. The van der Waals surface area contributed by atoms with Crippen molar-refractivity contribution in [2.75, 3.05) is 0 Å². The third-order valence-electron chi connectivity index (χ3n) is 3.00. The molecule has 0 radical (unpaired) electrons. The third kappa shape index (κ3) is 2.29. The van der Waals surface area contributed by atoms with Gasteiger partial charge in [0.2, 0.25) is 0 Å². The molecule has 19 heavy (non-hydrogen) atoms. The van der Waals surface area contributed by atoms with E-state index >= 15 is 0 Å². The van der Waals surface area contributed by atoms with Crippen molar-refractivity contribution in [2.24, 2.45) is 0 Å². The predicted molar refractivity (Wildman–Crippen MR) is 67.4 cm³/mol. The van der Waals surface area contributed by atoms with Crippen molar-refractivity contribution < 1.29 is 14.6 Å². The first-order chi connectivity index (χ1) is 9.26. The lowest BCUT2D eigenvalue weighted by Crippen LogP contribution is -1.92. The van der Waals surface area contributed by atoms with Gasteiger partial charge in [-0.15, -0.1) is 0 Å². The van der Waals surface area contributed by atoms with Crippen molar-refractivity contribution in [2.45, 2.75) is 12.9 Å². The van der Waals surface area contributed by atoms with Gasteiger partial charge in [-0.2, -0.15) is 5.26 Å². The summed E-state index contributed by atoms with van der Waals surface area (Å²) < 4.78 is 10.8. The molecular formula is C15H11NO3. The van der Waals surface area contributed by atoms with Gasteiger partial charge in [0.05, 0.1) is 18.2 Å². The van der Waals surface area contributed by atoms with Crippen molar-refractivity contribution in [1.82, 2.24) is 0 Å². The zero-order valence-electron chi connectivity index (χ0n) is 10.0. The van der Waals surface area contributed by atoms with Crippen molar-refractivity contribution >= 4 is 0 Å². The molecule has 1 unspecified atom stereocenters. The topological polar surface area (TPSA) is 62.5 Å². The van der Waals surface area contributed by atoms with E-state index in [-0.39, 0.29) is 0 Å². The van der Waals surface area contributed by atoms with E-state index in [0.29, 0.717) is 23.7 Å². The van der Waals surface area contributed by atoms with Crippen molar-refractivity contribution in [3.8, 4) is 17.6 Å². The van der Waals surface area contributed by atoms with E-state index in [1.54, 1.807) is 36.4 Å². The third-order valence-corrected chi connectivity index (χ3v) is 3.00. The highest BCUT2D eigenvalue weighted by atomic mass is 16.6. The van der Waals surface area contributed by atoms with Crippen LogP contribution in [-0.2, 0) is 11.3 Å². The van der Waals surface area contributed by atoms with Gasteiger partial charge >= 0.3 is 0 Å². The molecule has 1 heterocycles. The quantitative estimate of drug-likeness (QED) is 0.893. The van der Waals surface area contributed by atoms with Crippen LogP contribution in [0.25, 0.3) is 0 Å². The fourth-order valence-corrected chi connectivity index (χ4v) is 2.00. The summed E-state index contributed by atoms with van der Waals surface area (Å²) in [7, 11) is 0. The molecule has 0 amide bonds. The highest BCUT2D eigenvalue weighted by Crippen LogP contribution is 2.32. The first-order valence-electron chi connectivity index (χ1n) is 5.87. The molecule has 0 aliphatic carbocycles. The van der Waals surface area contributed by atoms with Crippen molar-refractivity contribution in [3.63, 3.8) is 0 Å². The van der Waals surface area contributed by atoms with Gasteiger partial charge in [-0.05, 0) is 48.0 Å². The summed E-state index contributed by atoms with van der Waals surface area (Å²) in [5, 5.41) is 18.2. The lowest BCUT2D eigenvalue weighted by molar-refractivity contribution is -0.0918. The molecular weight excluding hydrogens is 242 g/mol. The van der Waals surface area contributed by atoms with Crippen LogP contribution in [0.4, 0.5) is 0 Å². The molecule has 4 heteroatoms. The number of aliphatic hydroxyl groups excluding tert-OH is 1. The van der Waals surface area contributed by atoms with Crippen molar-refractivity contribution in [3.05, 3.63) is 59.2 Å². The Morgan fingerprint density at radius 1 is 1.16 bits per heavy atom. The summed E-state index contributed by atoms with van der Waals surface area (Å²) in [6.07, 6.45) is -0.834. The summed E-state index contributed by atoms with van der Waals surface area (Å²) in [5.41, 5.74) is 2.31. The maximum Gasteiger partial charge on any atom is 0.181 e. The highest BCUT2D eigenvalue weighted by Gasteiger charge is 2.21. The molecule has 0 bridgehead atoms. The molecule has 2 aromatic carbocycles. The number of nitrogens with zero attached hydrogens (tertiary/aromatic N) is 1. The van der Waals surface area contributed by atoms with E-state index in [2.05, 4.69) is 6.07 Å². The van der Waals surface area contributed by atoms with E-state index in [4.69, 9.17) is 14.7 Å². The Labute approximate surface area is 110 Å². The SMILES string of the molecule is N#Cc1ccc(Oc2ccc3c(c2)COC3O)cc1. The van der Waals surface area contributed by atoms with Crippen LogP contribution in [-0.4, -0.2) is 5.11 Å². The fraction of sp³-hybridized carbons (Fsp3) is 0.133. The minimum Gasteiger partial charge on any atom is -0.457 e. The molecule has 1 aliphatic heterocycles. The van der Waals surface area contributed by atoms with Crippen LogP contribution in [0, 0.1) is 11.3 Å². The maximum atomic E-state index is 9.53. The zero-order chi connectivity index (χ0) is 13.2. The summed E-state index contributed by atoms with van der Waals surface area (Å²) in [6, 6.07) is 14.4. The smallest absolute Gasteiger partial charge is 0.181 e. The molecule has 3 rings (SSSR count). The second kappa shape index (κ2) is 4.73. The number of ether oxygens (including phenoxy) is 2. The average Bonchev–Trinajstić information content (AvgIpc) is 2.81. The van der Waals surface area contributed by atoms with Gasteiger partial charge < -0.3 is 14.6 Å². The summed E-state index contributed by atoms with van der Waals surface area (Å²) in [5.74, 6) is 1.35. The predicted octanol–water partition coefficient (Wildman–Crippen LogP) is 2.87. The van der Waals surface area contributed by atoms with E-state index in [0.717, 1.165) is 11.1 Å². The Balaban J connectivity index is 1.82. The van der Waals surface area contributed by atoms with Crippen LogP contribution in [0.1, 0.15) is 23.0 Å². The largest absolute Gasteiger partial charge is 0.457 e. The van der Waals surface area contributed by atoms with Gasteiger partial charge in [0, 0.05) is 5.56 Å². The van der Waals surface area contributed by atoms with E-state index in [9.17, 15) is 5.11 Å². The lowest BCUT2D eigenvalue weighted by atomic mass is 10.1. The molecule has 2 aromatic rings. The van der Waals surface area contributed by atoms with Crippen LogP contribution in [0.3, 0.4) is 0 Å². The molecule has 1 atom stereocenters. The second-order valence-electron chi connectivity index (χ2n) is 4.26. The maximum absolute atomic E-state index is 9.53. The van der Waals surface area contributed by atoms with E-state index in [1.165, 1.54) is 0 Å². The number of benzene rings is 2. The standard InChI is InChI=1S/C15H11NO3/c16-8-10-1-3-12(4-2-10)19-13-5-6-14-11(7-13)9-18-15(14)17/h1-7,15,17H,9H2. The molecule has 4 nitrogen and oxygen atoms in total. The van der Waals surface area contributed by atoms with Crippen LogP contribution < -0.4 is 4.74 Å². The molecule has 0 saturated heterocycles. The van der Waals surface area contributed by atoms with Crippen molar-refractivity contribution in [1.29, 1.82) is 5.26 Å². The normalized spacial score (nSPS) is 16.7. The molecule has 94 valence electrons. The highest BCUT2D eigenvalue weighted by molar-refractivity contribution is 5.41. The molecule has 1 aliphatic rings. The van der Waals surface area contributed by atoms with Gasteiger partial charge in [-0.1, -0.05) is 0 Å². The van der Waals surface area contributed by atoms with Crippen LogP contribution >= 0.6 is 0 Å². The number of rotatable bonds is 2. The molecule has 0 spiro atoms. The lowest BCUT2D eigenvalue weighted by Gasteiger charge is -2.07. The first-order valence-corrected chi connectivity index (χ1v) is 5.87. The Hall–Kier alpha value is -2.35. The minimum atomic E-state index is -0.834. The number of fused-ring (bicyclic) bond motifs is 1. The fourth-order valence-electron chi connectivity index (χ4n) is 2.00. The Morgan fingerprint density at radius 2 is 1.89 bits per heavy atom. The van der Waals surface area contributed by atoms with Gasteiger partial charge in [-0.3, -0.25) is 0 Å². The average molecular weight is 253 g/mol. The van der Waals surface area contributed by atoms with Gasteiger partial charge in [-0.25, -0.2) is 0 Å². The molecule has 1 N–H and O–H groups in total. The Kier molecular flexibility index (Phi) is 2.92. The number of hydrogen-bond acceptors (Lipinski definition) is 4. The monoisotopic (exact) mass is 253 g/mol. The molecule has 0 saturated carbocycles. The summed E-state index contributed by atoms with van der Waals surface area (Å²) in [4.78, 5) is 0. The van der Waals surface area contributed by atoms with E-state index < -0.39 is 6.29 Å². The summed E-state index contributed by atoms with van der Waals surface area (Å²) in [6.45, 7) is 0.390. The molecule has 0 aromatic heterocycles. The van der Waals surface area contributed by atoms with Crippen LogP contribution in [0.5, 0.6) is 11.5 Å². The first kappa shape index (κ1) is 11.7. The Morgan fingerprint density at radius 3 is 2.63 bits per heavy atom. The number of hydrogen-bond donors (Lipinski definition) is 1. The van der Waals surface area contributed by atoms with Crippen LogP contribution in [0.2, 0.25) is 0 Å². The van der Waals surface area contributed by atoms with Gasteiger partial charge in [0.1, 0.15) is 11.5 Å². The van der Waals surface area contributed by atoms with Gasteiger partial charge in [0.25, 0.3) is 0 Å². The van der Waals surface area contributed by atoms with Gasteiger partial charge in [0.15, 0.2) is 6.29 Å². The minimum absolute atomic E-state index is 0.390. The summed E-state index contributed by atoms with van der Waals surface area (Å²) >= 11 is 0. The number of nitriles is 1. The van der Waals surface area contributed by atoms with Crippen LogP contribution in [0.15, 0.2) is 42.5 Å². The second-order valence-corrected chi connectivity index (χ2v) is 4.26. The Bertz CT molecular complexity index is 643.